The average Bonchev–Trinajstić information content (AvgIpc) is 2.01. The number of carbonyl (C=O) groups is 1. The van der Waals surface area contributed by atoms with Gasteiger partial charge in [-0.2, -0.15) is 0 Å². The Morgan fingerprint density at radius 3 is 2.00 bits per heavy atom. The molecule has 0 amide bonds. The molecule has 0 rings (SSSR count). The number of carbonyl (C=O) groups excluding carboxylic acids is 1. The summed E-state index contributed by atoms with van der Waals surface area (Å²) in [6.45, 7) is 7.58. The van der Waals surface area contributed by atoms with Crippen LogP contribution >= 0.6 is 0 Å². The summed E-state index contributed by atoms with van der Waals surface area (Å²) in [5.74, 6) is -0.226. The van der Waals surface area contributed by atoms with Crippen molar-refractivity contribution in [3.05, 3.63) is 0 Å². The van der Waals surface area contributed by atoms with Gasteiger partial charge in [0, 0.05) is 6.61 Å². The van der Waals surface area contributed by atoms with Crippen molar-refractivity contribution < 1.29 is 19.7 Å². The number of ether oxygens (including phenoxy) is 1. The maximum absolute atomic E-state index is 10.6. The molecule has 0 aliphatic rings. The molecule has 0 fully saturated rings. The highest BCUT2D eigenvalue weighted by Crippen LogP contribution is 1.94. The third kappa shape index (κ3) is 14.3. The van der Waals surface area contributed by atoms with Crippen LogP contribution in [0.5, 0.6) is 0 Å². The van der Waals surface area contributed by atoms with Crippen molar-refractivity contribution in [2.24, 2.45) is 5.92 Å². The maximum atomic E-state index is 10.6. The standard InChI is InChI=1S/C7H14O3.C2H6O/c1-5(2)4-10-7(9)6(3)8;1-2-3/h5-6,8H,4H2,1-3H3;3H,2H2,1H3. The lowest BCUT2D eigenvalue weighted by atomic mass is 10.2. The van der Waals surface area contributed by atoms with Crippen molar-refractivity contribution in [3.63, 3.8) is 0 Å². The Morgan fingerprint density at radius 2 is 1.77 bits per heavy atom. The minimum Gasteiger partial charge on any atom is -0.464 e. The minimum absolute atomic E-state index is 0.250. The zero-order chi connectivity index (χ0) is 10.9. The number of aliphatic hydroxyl groups excluding tert-OH is 2. The Labute approximate surface area is 79.5 Å². The Morgan fingerprint density at radius 1 is 1.38 bits per heavy atom. The number of hydrogen-bond donors (Lipinski definition) is 2. The topological polar surface area (TPSA) is 66.8 Å². The van der Waals surface area contributed by atoms with Crippen molar-refractivity contribution in [1.29, 1.82) is 0 Å². The summed E-state index contributed by atoms with van der Waals surface area (Å²) in [6.07, 6.45) is -1.00. The van der Waals surface area contributed by atoms with Crippen LogP contribution in [-0.4, -0.2) is 35.5 Å². The van der Waals surface area contributed by atoms with E-state index in [0.29, 0.717) is 12.5 Å². The summed E-state index contributed by atoms with van der Waals surface area (Å²) in [5.41, 5.74) is 0. The summed E-state index contributed by atoms with van der Waals surface area (Å²) in [6, 6.07) is 0. The second kappa shape index (κ2) is 9.48. The van der Waals surface area contributed by atoms with E-state index in [2.05, 4.69) is 4.74 Å². The zero-order valence-electron chi connectivity index (χ0n) is 8.78. The SMILES string of the molecule is CC(C)COC(=O)C(C)O.CCO. The molecule has 0 bridgehead atoms. The van der Waals surface area contributed by atoms with E-state index in [1.165, 1.54) is 6.92 Å². The first-order chi connectivity index (χ1) is 5.95. The van der Waals surface area contributed by atoms with Crippen LogP contribution in [0.4, 0.5) is 0 Å². The molecule has 4 heteroatoms. The van der Waals surface area contributed by atoms with Gasteiger partial charge in [-0.3, -0.25) is 0 Å². The highest BCUT2D eigenvalue weighted by molar-refractivity contribution is 5.73. The van der Waals surface area contributed by atoms with Gasteiger partial charge >= 0.3 is 5.97 Å². The summed E-state index contributed by atoms with van der Waals surface area (Å²) < 4.78 is 4.68. The number of rotatable bonds is 3. The molecule has 0 aliphatic carbocycles. The van der Waals surface area contributed by atoms with E-state index in [0.717, 1.165) is 0 Å². The Kier molecular flexibility index (Phi) is 10.9. The Bertz CT molecular complexity index is 121. The van der Waals surface area contributed by atoms with Gasteiger partial charge in [-0.05, 0) is 19.8 Å². The molecule has 2 N–H and O–H groups in total. The zero-order valence-corrected chi connectivity index (χ0v) is 8.78. The van der Waals surface area contributed by atoms with Crippen molar-refractivity contribution >= 4 is 5.97 Å². The second-order valence-corrected chi connectivity index (χ2v) is 3.02. The quantitative estimate of drug-likeness (QED) is 0.641. The highest BCUT2D eigenvalue weighted by Gasteiger charge is 2.09. The first kappa shape index (κ1) is 14.9. The maximum Gasteiger partial charge on any atom is 0.334 e. The highest BCUT2D eigenvalue weighted by atomic mass is 16.5. The Balaban J connectivity index is 0. The third-order valence-corrected chi connectivity index (χ3v) is 0.900. The smallest absolute Gasteiger partial charge is 0.334 e. The van der Waals surface area contributed by atoms with Crippen LogP contribution in [-0.2, 0) is 9.53 Å². The van der Waals surface area contributed by atoms with Crippen LogP contribution in [0.15, 0.2) is 0 Å². The van der Waals surface area contributed by atoms with E-state index in [-0.39, 0.29) is 6.61 Å². The van der Waals surface area contributed by atoms with Gasteiger partial charge in [-0.15, -0.1) is 0 Å². The summed E-state index contributed by atoms with van der Waals surface area (Å²) in [4.78, 5) is 10.6. The molecule has 4 nitrogen and oxygen atoms in total. The first-order valence-electron chi connectivity index (χ1n) is 4.41. The molecular formula is C9H20O4. The molecule has 0 aromatic carbocycles. The second-order valence-electron chi connectivity index (χ2n) is 3.02. The Hall–Kier alpha value is -0.610. The van der Waals surface area contributed by atoms with Crippen molar-refractivity contribution in [3.8, 4) is 0 Å². The molecule has 80 valence electrons. The van der Waals surface area contributed by atoms with Crippen LogP contribution in [0, 0.1) is 5.92 Å². The van der Waals surface area contributed by atoms with E-state index in [4.69, 9.17) is 10.2 Å². The van der Waals surface area contributed by atoms with Crippen molar-refractivity contribution in [2.75, 3.05) is 13.2 Å². The van der Waals surface area contributed by atoms with Gasteiger partial charge in [0.25, 0.3) is 0 Å². The van der Waals surface area contributed by atoms with Crippen LogP contribution in [0.2, 0.25) is 0 Å². The normalized spacial score (nSPS) is 11.6. The molecule has 0 heterocycles. The lowest BCUT2D eigenvalue weighted by Gasteiger charge is -2.07. The lowest BCUT2D eigenvalue weighted by Crippen LogP contribution is -2.21. The van der Waals surface area contributed by atoms with Crippen LogP contribution in [0.1, 0.15) is 27.7 Å². The average molecular weight is 192 g/mol. The predicted octanol–water partition coefficient (Wildman–Crippen LogP) is 0.565. The fraction of sp³-hybridized carbons (Fsp3) is 0.889. The third-order valence-electron chi connectivity index (χ3n) is 0.900. The molecule has 0 radical (unpaired) electrons. The fourth-order valence-corrected chi connectivity index (χ4v) is 0.369. The molecule has 0 aromatic rings. The molecule has 0 saturated carbocycles. The van der Waals surface area contributed by atoms with Crippen molar-refractivity contribution in [2.45, 2.75) is 33.8 Å². The van der Waals surface area contributed by atoms with Gasteiger partial charge in [0.1, 0.15) is 6.10 Å². The minimum atomic E-state index is -1.00. The van der Waals surface area contributed by atoms with E-state index < -0.39 is 12.1 Å². The number of aliphatic hydroxyl groups is 2. The van der Waals surface area contributed by atoms with Gasteiger partial charge < -0.3 is 14.9 Å². The predicted molar refractivity (Wildman–Crippen MR) is 50.2 cm³/mol. The van der Waals surface area contributed by atoms with Gasteiger partial charge in [0.05, 0.1) is 6.61 Å². The molecule has 13 heavy (non-hydrogen) atoms. The van der Waals surface area contributed by atoms with Crippen LogP contribution in [0.25, 0.3) is 0 Å². The lowest BCUT2D eigenvalue weighted by molar-refractivity contribution is -0.153. The van der Waals surface area contributed by atoms with Gasteiger partial charge in [0.2, 0.25) is 0 Å². The molecular weight excluding hydrogens is 172 g/mol. The summed E-state index contributed by atoms with van der Waals surface area (Å²) >= 11 is 0. The largest absolute Gasteiger partial charge is 0.464 e. The number of esters is 1. The molecule has 1 atom stereocenters. The molecule has 0 aromatic heterocycles. The van der Waals surface area contributed by atoms with Gasteiger partial charge in [-0.1, -0.05) is 13.8 Å². The number of hydrogen-bond acceptors (Lipinski definition) is 4. The van der Waals surface area contributed by atoms with Gasteiger partial charge in [0.15, 0.2) is 0 Å². The van der Waals surface area contributed by atoms with E-state index in [1.54, 1.807) is 6.92 Å². The molecule has 0 spiro atoms. The summed E-state index contributed by atoms with van der Waals surface area (Å²) in [7, 11) is 0. The van der Waals surface area contributed by atoms with E-state index in [1.807, 2.05) is 13.8 Å². The fourth-order valence-electron chi connectivity index (χ4n) is 0.369. The molecule has 0 saturated heterocycles. The van der Waals surface area contributed by atoms with Crippen molar-refractivity contribution in [1.82, 2.24) is 0 Å². The van der Waals surface area contributed by atoms with E-state index in [9.17, 15) is 4.79 Å². The molecule has 0 aliphatic heterocycles. The van der Waals surface area contributed by atoms with Crippen LogP contribution in [0.3, 0.4) is 0 Å². The van der Waals surface area contributed by atoms with E-state index >= 15 is 0 Å². The molecule has 1 unspecified atom stereocenters. The monoisotopic (exact) mass is 192 g/mol. The van der Waals surface area contributed by atoms with Gasteiger partial charge in [-0.25, -0.2) is 4.79 Å². The van der Waals surface area contributed by atoms with Crippen LogP contribution < -0.4 is 0 Å². The first-order valence-corrected chi connectivity index (χ1v) is 4.41. The summed E-state index contributed by atoms with van der Waals surface area (Å²) in [5, 5.41) is 16.2.